The second-order valence-corrected chi connectivity index (χ2v) is 5.16. The van der Waals surface area contributed by atoms with Crippen molar-refractivity contribution < 1.29 is 14.2 Å². The Morgan fingerprint density at radius 3 is 2.60 bits per heavy atom. The van der Waals surface area contributed by atoms with E-state index in [0.29, 0.717) is 6.04 Å². The largest absolute Gasteiger partial charge is 0.497 e. The van der Waals surface area contributed by atoms with Gasteiger partial charge in [-0.1, -0.05) is 0 Å². The van der Waals surface area contributed by atoms with E-state index in [9.17, 15) is 0 Å². The van der Waals surface area contributed by atoms with Crippen LogP contribution in [0.15, 0.2) is 24.3 Å². The van der Waals surface area contributed by atoms with E-state index in [1.807, 2.05) is 24.3 Å². The van der Waals surface area contributed by atoms with E-state index < -0.39 is 0 Å². The van der Waals surface area contributed by atoms with Crippen LogP contribution in [0, 0.1) is 0 Å². The Hall–Kier alpha value is -1.26. The summed E-state index contributed by atoms with van der Waals surface area (Å²) in [5, 5.41) is 0. The topological polar surface area (TPSA) is 30.9 Å². The van der Waals surface area contributed by atoms with Crippen LogP contribution >= 0.6 is 0 Å². The number of hydrogen-bond donors (Lipinski definition) is 0. The van der Waals surface area contributed by atoms with Gasteiger partial charge >= 0.3 is 0 Å². The van der Waals surface area contributed by atoms with E-state index in [1.54, 1.807) is 14.2 Å². The van der Waals surface area contributed by atoms with Crippen LogP contribution in [0.3, 0.4) is 0 Å². The van der Waals surface area contributed by atoms with Gasteiger partial charge in [0.05, 0.1) is 20.3 Å². The lowest BCUT2D eigenvalue weighted by Crippen LogP contribution is -2.34. The zero-order valence-corrected chi connectivity index (χ0v) is 12.5. The molecule has 0 amide bonds. The SMILES string of the molecule is COC[C@H]1CCCN1CCCOc1ccc(OC)cc1. The minimum atomic E-state index is 0.598. The predicted molar refractivity (Wildman–Crippen MR) is 79.6 cm³/mol. The van der Waals surface area contributed by atoms with Crippen LogP contribution in [0.2, 0.25) is 0 Å². The lowest BCUT2D eigenvalue weighted by atomic mass is 10.2. The number of ether oxygens (including phenoxy) is 3. The van der Waals surface area contributed by atoms with Crippen LogP contribution < -0.4 is 9.47 Å². The van der Waals surface area contributed by atoms with Gasteiger partial charge in [-0.3, -0.25) is 4.90 Å². The van der Waals surface area contributed by atoms with Crippen LogP contribution in [0.25, 0.3) is 0 Å². The van der Waals surface area contributed by atoms with Gasteiger partial charge in [-0.05, 0) is 50.1 Å². The fraction of sp³-hybridized carbons (Fsp3) is 0.625. The fourth-order valence-corrected chi connectivity index (χ4v) is 2.70. The Morgan fingerprint density at radius 1 is 1.15 bits per heavy atom. The maximum atomic E-state index is 5.75. The highest BCUT2D eigenvalue weighted by atomic mass is 16.5. The second kappa shape index (κ2) is 8.12. The quantitative estimate of drug-likeness (QED) is 0.684. The molecule has 1 heterocycles. The van der Waals surface area contributed by atoms with E-state index in [0.717, 1.165) is 37.7 Å². The van der Waals surface area contributed by atoms with Gasteiger partial charge in [-0.25, -0.2) is 0 Å². The van der Waals surface area contributed by atoms with Crippen molar-refractivity contribution in [1.82, 2.24) is 4.90 Å². The molecule has 1 atom stereocenters. The molecule has 0 unspecified atom stereocenters. The van der Waals surface area contributed by atoms with E-state index in [-0.39, 0.29) is 0 Å². The lowest BCUT2D eigenvalue weighted by Gasteiger charge is -2.23. The first-order valence-corrected chi connectivity index (χ1v) is 7.33. The van der Waals surface area contributed by atoms with Crippen molar-refractivity contribution in [2.45, 2.75) is 25.3 Å². The Labute approximate surface area is 121 Å². The van der Waals surface area contributed by atoms with Crippen molar-refractivity contribution in [2.75, 3.05) is 40.5 Å². The average molecular weight is 279 g/mol. The zero-order chi connectivity index (χ0) is 14.2. The number of rotatable bonds is 8. The highest BCUT2D eigenvalue weighted by Crippen LogP contribution is 2.19. The predicted octanol–water partition coefficient (Wildman–Crippen LogP) is 2.57. The van der Waals surface area contributed by atoms with E-state index in [1.165, 1.54) is 19.4 Å². The molecule has 0 spiro atoms. The summed E-state index contributed by atoms with van der Waals surface area (Å²) in [5.41, 5.74) is 0. The van der Waals surface area contributed by atoms with Crippen LogP contribution in [0.4, 0.5) is 0 Å². The molecule has 1 aliphatic rings. The number of likely N-dealkylation sites (tertiary alicyclic amines) is 1. The molecule has 1 aromatic rings. The Morgan fingerprint density at radius 2 is 1.90 bits per heavy atom. The first-order valence-electron chi connectivity index (χ1n) is 7.33. The molecule has 0 saturated carbocycles. The molecule has 1 saturated heterocycles. The number of hydrogen-bond acceptors (Lipinski definition) is 4. The smallest absolute Gasteiger partial charge is 0.119 e. The van der Waals surface area contributed by atoms with Crippen molar-refractivity contribution >= 4 is 0 Å². The van der Waals surface area contributed by atoms with Crippen LogP contribution in [-0.2, 0) is 4.74 Å². The summed E-state index contributed by atoms with van der Waals surface area (Å²) in [5.74, 6) is 1.76. The van der Waals surface area contributed by atoms with Crippen LogP contribution in [0.5, 0.6) is 11.5 Å². The maximum Gasteiger partial charge on any atom is 0.119 e. The summed E-state index contributed by atoms with van der Waals surface area (Å²) >= 11 is 0. The standard InChI is InChI=1S/C16H25NO3/c1-18-13-14-5-3-10-17(14)11-4-12-20-16-8-6-15(19-2)7-9-16/h6-9,14H,3-5,10-13H2,1-2H3/t14-/m1/s1. The van der Waals surface area contributed by atoms with Gasteiger partial charge < -0.3 is 14.2 Å². The van der Waals surface area contributed by atoms with E-state index in [4.69, 9.17) is 14.2 Å². The molecule has 1 fully saturated rings. The van der Waals surface area contributed by atoms with Crippen molar-refractivity contribution in [3.63, 3.8) is 0 Å². The minimum absolute atomic E-state index is 0.598. The zero-order valence-electron chi connectivity index (χ0n) is 12.5. The van der Waals surface area contributed by atoms with Gasteiger partial charge in [-0.15, -0.1) is 0 Å². The first kappa shape index (κ1) is 15.1. The third-order valence-electron chi connectivity index (χ3n) is 3.78. The number of methoxy groups -OCH3 is 2. The van der Waals surface area contributed by atoms with Gasteiger partial charge in [0.25, 0.3) is 0 Å². The van der Waals surface area contributed by atoms with Crippen LogP contribution in [0.1, 0.15) is 19.3 Å². The van der Waals surface area contributed by atoms with E-state index >= 15 is 0 Å². The van der Waals surface area contributed by atoms with Gasteiger partial charge in [0.2, 0.25) is 0 Å². The highest BCUT2D eigenvalue weighted by Gasteiger charge is 2.23. The number of nitrogens with zero attached hydrogens (tertiary/aromatic N) is 1. The highest BCUT2D eigenvalue weighted by molar-refractivity contribution is 5.31. The first-order chi connectivity index (χ1) is 9.83. The van der Waals surface area contributed by atoms with Crippen molar-refractivity contribution in [2.24, 2.45) is 0 Å². The lowest BCUT2D eigenvalue weighted by molar-refractivity contribution is 0.111. The Kier molecular flexibility index (Phi) is 6.15. The monoisotopic (exact) mass is 279 g/mol. The molecule has 4 nitrogen and oxygen atoms in total. The van der Waals surface area contributed by atoms with Crippen molar-refractivity contribution in [3.05, 3.63) is 24.3 Å². The summed E-state index contributed by atoms with van der Waals surface area (Å²) < 4.78 is 16.1. The Balaban J connectivity index is 1.65. The summed E-state index contributed by atoms with van der Waals surface area (Å²) in [4.78, 5) is 2.51. The van der Waals surface area contributed by atoms with Gasteiger partial charge in [0.15, 0.2) is 0 Å². The van der Waals surface area contributed by atoms with E-state index in [2.05, 4.69) is 4.90 Å². The molecule has 112 valence electrons. The normalized spacial score (nSPS) is 19.2. The molecule has 0 aliphatic carbocycles. The third kappa shape index (κ3) is 4.39. The summed E-state index contributed by atoms with van der Waals surface area (Å²) in [7, 11) is 3.45. The molecule has 0 aromatic heterocycles. The molecular weight excluding hydrogens is 254 g/mol. The molecule has 1 aromatic carbocycles. The van der Waals surface area contributed by atoms with Gasteiger partial charge in [-0.2, -0.15) is 0 Å². The number of benzene rings is 1. The molecule has 4 heteroatoms. The summed E-state index contributed by atoms with van der Waals surface area (Å²) in [6.07, 6.45) is 3.59. The van der Waals surface area contributed by atoms with Gasteiger partial charge in [0.1, 0.15) is 11.5 Å². The molecule has 0 N–H and O–H groups in total. The molecule has 20 heavy (non-hydrogen) atoms. The van der Waals surface area contributed by atoms with Crippen LogP contribution in [-0.4, -0.2) is 51.5 Å². The third-order valence-corrected chi connectivity index (χ3v) is 3.78. The Bertz CT molecular complexity index is 380. The van der Waals surface area contributed by atoms with Gasteiger partial charge in [0, 0.05) is 19.7 Å². The fourth-order valence-electron chi connectivity index (χ4n) is 2.70. The molecule has 0 bridgehead atoms. The second-order valence-electron chi connectivity index (χ2n) is 5.16. The van der Waals surface area contributed by atoms with Crippen molar-refractivity contribution in [1.29, 1.82) is 0 Å². The summed E-state index contributed by atoms with van der Waals surface area (Å²) in [6.45, 7) is 3.88. The molecule has 2 rings (SSSR count). The molecular formula is C16H25NO3. The maximum absolute atomic E-state index is 5.75. The molecule has 1 aliphatic heterocycles. The van der Waals surface area contributed by atoms with Crippen molar-refractivity contribution in [3.8, 4) is 11.5 Å². The minimum Gasteiger partial charge on any atom is -0.497 e. The summed E-state index contributed by atoms with van der Waals surface area (Å²) in [6, 6.07) is 8.33. The average Bonchev–Trinajstić information content (AvgIpc) is 2.92. The molecule has 0 radical (unpaired) electrons.